The van der Waals surface area contributed by atoms with Crippen molar-refractivity contribution in [2.24, 2.45) is 12.8 Å². The maximum atomic E-state index is 12.3. The van der Waals surface area contributed by atoms with Gasteiger partial charge in [-0.25, -0.2) is 13.1 Å². The minimum Gasteiger partial charge on any atom is -0.326 e. The summed E-state index contributed by atoms with van der Waals surface area (Å²) in [5.74, 6) is 0. The Hall–Kier alpha value is -1.22. The first-order valence-electron chi connectivity index (χ1n) is 6.38. The maximum Gasteiger partial charge on any atom is 0.241 e. The Bertz CT molecular complexity index is 728. The molecule has 1 aromatic carbocycles. The van der Waals surface area contributed by atoms with E-state index in [1.165, 1.54) is 0 Å². The molecule has 3 N–H and O–H groups in total. The number of sulfonamides is 1. The molecule has 0 aliphatic rings. The van der Waals surface area contributed by atoms with Crippen LogP contribution in [-0.4, -0.2) is 24.7 Å². The molecule has 0 spiro atoms. The van der Waals surface area contributed by atoms with Crippen molar-refractivity contribution in [3.8, 4) is 0 Å². The molecule has 21 heavy (non-hydrogen) atoms. The first-order valence-corrected chi connectivity index (χ1v) is 8.65. The van der Waals surface area contributed by atoms with Gasteiger partial charge in [0.25, 0.3) is 0 Å². The highest BCUT2D eigenvalue weighted by Crippen LogP contribution is 2.23. The van der Waals surface area contributed by atoms with Gasteiger partial charge in [-0.05, 0) is 45.6 Å². The van der Waals surface area contributed by atoms with Crippen molar-refractivity contribution in [1.82, 2.24) is 14.5 Å². The Morgan fingerprint density at radius 2 is 2.14 bits per heavy atom. The molecule has 0 radical (unpaired) electrons. The Kier molecular flexibility index (Phi) is 5.15. The molecule has 1 aromatic heterocycles. The van der Waals surface area contributed by atoms with Crippen molar-refractivity contribution < 1.29 is 8.42 Å². The zero-order valence-electron chi connectivity index (χ0n) is 11.6. The summed E-state index contributed by atoms with van der Waals surface area (Å²) in [6.45, 7) is 0.687. The fourth-order valence-electron chi connectivity index (χ4n) is 1.90. The molecule has 0 saturated carbocycles. The number of nitrogens with zero attached hydrogens (tertiary/aromatic N) is 2. The number of nitrogens with one attached hydrogen (secondary N) is 1. The smallest absolute Gasteiger partial charge is 0.241 e. The third-order valence-electron chi connectivity index (χ3n) is 2.99. The molecule has 0 fully saturated rings. The van der Waals surface area contributed by atoms with Gasteiger partial charge in [0, 0.05) is 30.8 Å². The highest BCUT2D eigenvalue weighted by atomic mass is 79.9. The first-order chi connectivity index (χ1) is 9.92. The predicted octanol–water partition coefficient (Wildman–Crippen LogP) is 1.16. The summed E-state index contributed by atoms with van der Waals surface area (Å²) in [6, 6.07) is 4.98. The molecule has 6 nitrogen and oxygen atoms in total. The minimum absolute atomic E-state index is 0.214. The second-order valence-corrected chi connectivity index (χ2v) is 7.23. The van der Waals surface area contributed by atoms with E-state index in [4.69, 9.17) is 5.73 Å². The minimum atomic E-state index is -3.54. The van der Waals surface area contributed by atoms with Gasteiger partial charge in [-0.2, -0.15) is 5.10 Å². The van der Waals surface area contributed by atoms with Crippen LogP contribution in [0.25, 0.3) is 0 Å². The van der Waals surface area contributed by atoms with Crippen LogP contribution in [0.15, 0.2) is 40.0 Å². The van der Waals surface area contributed by atoms with E-state index in [1.807, 2.05) is 13.2 Å². The normalized spacial score (nSPS) is 11.8. The number of aromatic nitrogens is 2. The van der Waals surface area contributed by atoms with Crippen molar-refractivity contribution in [2.45, 2.75) is 17.9 Å². The van der Waals surface area contributed by atoms with E-state index in [-0.39, 0.29) is 4.90 Å². The van der Waals surface area contributed by atoms with E-state index in [2.05, 4.69) is 25.8 Å². The standard InChI is InChI=1S/C13H17BrN4O2S/c1-18-9-11(8-16-18)4-5-17-21(19,20)13-3-2-10(7-15)6-12(13)14/h2-3,6,8-9,17H,4-5,7,15H2,1H3. The van der Waals surface area contributed by atoms with Gasteiger partial charge in [-0.3, -0.25) is 4.68 Å². The van der Waals surface area contributed by atoms with E-state index in [9.17, 15) is 8.42 Å². The number of rotatable bonds is 6. The van der Waals surface area contributed by atoms with Crippen LogP contribution in [0.2, 0.25) is 0 Å². The summed E-state index contributed by atoms with van der Waals surface area (Å²) in [5, 5.41) is 4.04. The maximum absolute atomic E-state index is 12.3. The SMILES string of the molecule is Cn1cc(CCNS(=O)(=O)c2ccc(CN)cc2Br)cn1. The van der Waals surface area contributed by atoms with Crippen LogP contribution >= 0.6 is 15.9 Å². The molecule has 1 heterocycles. The molecule has 2 aromatic rings. The topological polar surface area (TPSA) is 90.0 Å². The van der Waals surface area contributed by atoms with Crippen molar-refractivity contribution in [3.63, 3.8) is 0 Å². The summed E-state index contributed by atoms with van der Waals surface area (Å²) in [6.07, 6.45) is 4.17. The van der Waals surface area contributed by atoms with Crippen LogP contribution in [-0.2, 0) is 30.0 Å². The van der Waals surface area contributed by atoms with E-state index in [1.54, 1.807) is 29.1 Å². The van der Waals surface area contributed by atoms with Crippen molar-refractivity contribution in [1.29, 1.82) is 0 Å². The van der Waals surface area contributed by atoms with E-state index in [0.717, 1.165) is 11.1 Å². The van der Waals surface area contributed by atoms with Gasteiger partial charge in [0.15, 0.2) is 0 Å². The average Bonchev–Trinajstić information content (AvgIpc) is 2.83. The highest BCUT2D eigenvalue weighted by Gasteiger charge is 2.17. The Labute approximate surface area is 132 Å². The number of hydrogen-bond acceptors (Lipinski definition) is 4. The summed E-state index contributed by atoms with van der Waals surface area (Å²) >= 11 is 3.28. The lowest BCUT2D eigenvalue weighted by molar-refractivity contribution is 0.581. The number of hydrogen-bond donors (Lipinski definition) is 2. The molecule has 0 unspecified atom stereocenters. The van der Waals surface area contributed by atoms with Crippen molar-refractivity contribution >= 4 is 26.0 Å². The number of aryl methyl sites for hydroxylation is 1. The lowest BCUT2D eigenvalue weighted by Crippen LogP contribution is -2.26. The van der Waals surface area contributed by atoms with E-state index < -0.39 is 10.0 Å². The summed E-state index contributed by atoms with van der Waals surface area (Å²) in [4.78, 5) is 0.214. The molecule has 0 saturated heterocycles. The second-order valence-electron chi connectivity index (χ2n) is 4.64. The third kappa shape index (κ3) is 4.13. The highest BCUT2D eigenvalue weighted by molar-refractivity contribution is 9.10. The van der Waals surface area contributed by atoms with Crippen LogP contribution in [0.1, 0.15) is 11.1 Å². The van der Waals surface area contributed by atoms with E-state index >= 15 is 0 Å². The summed E-state index contributed by atoms with van der Waals surface area (Å²) in [7, 11) is -1.72. The monoisotopic (exact) mass is 372 g/mol. The van der Waals surface area contributed by atoms with E-state index in [0.29, 0.717) is 24.0 Å². The quantitative estimate of drug-likeness (QED) is 0.795. The van der Waals surface area contributed by atoms with Crippen LogP contribution in [0.5, 0.6) is 0 Å². The van der Waals surface area contributed by atoms with Crippen LogP contribution in [0.4, 0.5) is 0 Å². The third-order valence-corrected chi connectivity index (χ3v) is 5.42. The number of nitrogens with two attached hydrogens (primary N) is 1. The Morgan fingerprint density at radius 3 is 2.71 bits per heavy atom. The van der Waals surface area contributed by atoms with Crippen molar-refractivity contribution in [3.05, 3.63) is 46.2 Å². The van der Waals surface area contributed by atoms with Crippen LogP contribution < -0.4 is 10.5 Å². The van der Waals surface area contributed by atoms with Gasteiger partial charge in [0.2, 0.25) is 10.0 Å². The van der Waals surface area contributed by atoms with Gasteiger partial charge in [-0.1, -0.05) is 6.07 Å². The molecular formula is C13H17BrN4O2S. The average molecular weight is 373 g/mol. The fourth-order valence-corrected chi connectivity index (χ4v) is 4.05. The fraction of sp³-hybridized carbons (Fsp3) is 0.308. The Balaban J connectivity index is 2.04. The molecular weight excluding hydrogens is 356 g/mol. The summed E-state index contributed by atoms with van der Waals surface area (Å²) < 4.78 is 29.3. The first kappa shape index (κ1) is 16.2. The Morgan fingerprint density at radius 1 is 1.38 bits per heavy atom. The molecule has 0 amide bonds. The van der Waals surface area contributed by atoms with Crippen LogP contribution in [0.3, 0.4) is 0 Å². The van der Waals surface area contributed by atoms with Gasteiger partial charge in [0.05, 0.1) is 11.1 Å². The van der Waals surface area contributed by atoms with Gasteiger partial charge in [0.1, 0.15) is 0 Å². The predicted molar refractivity (Wildman–Crippen MR) is 84.1 cm³/mol. The second kappa shape index (κ2) is 6.69. The lowest BCUT2D eigenvalue weighted by Gasteiger charge is -2.09. The zero-order valence-corrected chi connectivity index (χ0v) is 14.0. The largest absolute Gasteiger partial charge is 0.326 e. The molecule has 8 heteroatoms. The number of halogens is 1. The molecule has 2 rings (SSSR count). The van der Waals surface area contributed by atoms with Crippen LogP contribution in [0, 0.1) is 0 Å². The molecule has 0 aliphatic heterocycles. The molecule has 114 valence electrons. The van der Waals surface area contributed by atoms with Crippen molar-refractivity contribution in [2.75, 3.05) is 6.54 Å². The van der Waals surface area contributed by atoms with Gasteiger partial charge in [-0.15, -0.1) is 0 Å². The summed E-state index contributed by atoms with van der Waals surface area (Å²) in [5.41, 5.74) is 7.39. The van der Waals surface area contributed by atoms with Gasteiger partial charge >= 0.3 is 0 Å². The number of benzene rings is 1. The molecule has 0 atom stereocenters. The lowest BCUT2D eigenvalue weighted by atomic mass is 10.2. The molecule has 0 bridgehead atoms. The zero-order chi connectivity index (χ0) is 15.5. The van der Waals surface area contributed by atoms with Gasteiger partial charge < -0.3 is 5.73 Å². The molecule has 0 aliphatic carbocycles.